The number of amides is 1. The molecule has 0 radical (unpaired) electrons. The van der Waals surface area contributed by atoms with E-state index in [0.29, 0.717) is 11.7 Å². The molecule has 1 heterocycles. The van der Waals surface area contributed by atoms with E-state index in [4.69, 9.17) is 0 Å². The highest BCUT2D eigenvalue weighted by molar-refractivity contribution is 8.00. The largest absolute Gasteiger partial charge is 0.377 e. The van der Waals surface area contributed by atoms with E-state index in [1.165, 1.54) is 17.1 Å². The first-order valence-corrected chi connectivity index (χ1v) is 12.8. The van der Waals surface area contributed by atoms with Crippen molar-refractivity contribution in [1.82, 2.24) is 20.2 Å². The number of benzene rings is 4. The summed E-state index contributed by atoms with van der Waals surface area (Å²) in [6, 6.07) is 34.0. The van der Waals surface area contributed by atoms with Gasteiger partial charge in [-0.25, -0.2) is 5.43 Å². The van der Waals surface area contributed by atoms with Crippen molar-refractivity contribution >= 4 is 40.3 Å². The summed E-state index contributed by atoms with van der Waals surface area (Å²) < 4.78 is 1.99. The number of carbonyl (C=O) groups is 1. The summed E-state index contributed by atoms with van der Waals surface area (Å²) in [6.45, 7) is 2.30. The van der Waals surface area contributed by atoms with Crippen LogP contribution in [0.5, 0.6) is 0 Å². The van der Waals surface area contributed by atoms with Crippen molar-refractivity contribution in [2.75, 3.05) is 5.32 Å². The second-order valence-electron chi connectivity index (χ2n) is 8.36. The lowest BCUT2D eigenvalue weighted by molar-refractivity contribution is -0.120. The summed E-state index contributed by atoms with van der Waals surface area (Å²) in [7, 11) is 0. The number of hydrogen-bond donors (Lipinski definition) is 2. The molecule has 7 nitrogen and oxygen atoms in total. The molecule has 1 atom stereocenters. The number of thioether (sulfide) groups is 1. The van der Waals surface area contributed by atoms with Crippen LogP contribution in [0.2, 0.25) is 0 Å². The Labute approximate surface area is 219 Å². The molecule has 1 aromatic heterocycles. The van der Waals surface area contributed by atoms with Crippen LogP contribution in [0.1, 0.15) is 18.3 Å². The zero-order valence-corrected chi connectivity index (χ0v) is 21.1. The Kier molecular flexibility index (Phi) is 7.57. The van der Waals surface area contributed by atoms with Gasteiger partial charge in [0, 0.05) is 16.8 Å². The highest BCUT2D eigenvalue weighted by atomic mass is 32.2. The van der Waals surface area contributed by atoms with Crippen molar-refractivity contribution in [2.45, 2.75) is 23.9 Å². The van der Waals surface area contributed by atoms with E-state index in [9.17, 15) is 4.79 Å². The van der Waals surface area contributed by atoms with Crippen molar-refractivity contribution in [2.24, 2.45) is 5.10 Å². The van der Waals surface area contributed by atoms with Crippen molar-refractivity contribution in [3.8, 4) is 5.69 Å². The first-order chi connectivity index (χ1) is 18.2. The van der Waals surface area contributed by atoms with Gasteiger partial charge in [-0.05, 0) is 36.1 Å². The van der Waals surface area contributed by atoms with Crippen LogP contribution in [-0.2, 0) is 11.3 Å². The zero-order chi connectivity index (χ0) is 25.5. The number of nitrogens with one attached hydrogen (secondary N) is 2. The summed E-state index contributed by atoms with van der Waals surface area (Å²) in [5, 5.41) is 19.0. The minimum Gasteiger partial charge on any atom is -0.377 e. The van der Waals surface area contributed by atoms with Crippen LogP contribution in [0.25, 0.3) is 16.5 Å². The molecule has 8 heteroatoms. The first-order valence-electron chi connectivity index (χ1n) is 11.9. The predicted molar refractivity (Wildman–Crippen MR) is 150 cm³/mol. The van der Waals surface area contributed by atoms with E-state index in [1.807, 2.05) is 90.4 Å². The molecule has 0 spiro atoms. The van der Waals surface area contributed by atoms with Crippen LogP contribution in [0.15, 0.2) is 113 Å². The molecule has 0 aliphatic carbocycles. The number of hydrazone groups is 1. The Hall–Kier alpha value is -4.43. The molecule has 5 rings (SSSR count). The van der Waals surface area contributed by atoms with E-state index in [-0.39, 0.29) is 5.91 Å². The quantitative estimate of drug-likeness (QED) is 0.153. The number of rotatable bonds is 9. The fraction of sp³-hybridized carbons (Fsp3) is 0.103. The number of carbonyl (C=O) groups excluding carboxylic acids is 1. The van der Waals surface area contributed by atoms with Gasteiger partial charge in [0.15, 0.2) is 11.0 Å². The highest BCUT2D eigenvalue weighted by Crippen LogP contribution is 2.27. The van der Waals surface area contributed by atoms with Crippen molar-refractivity contribution < 1.29 is 4.79 Å². The average molecular weight is 507 g/mol. The number of anilines is 1. The van der Waals surface area contributed by atoms with E-state index in [0.717, 1.165) is 28.1 Å². The maximum absolute atomic E-state index is 12.7. The van der Waals surface area contributed by atoms with Gasteiger partial charge < -0.3 is 5.32 Å². The summed E-state index contributed by atoms with van der Waals surface area (Å²) in [4.78, 5) is 12.7. The van der Waals surface area contributed by atoms with Crippen LogP contribution in [-0.4, -0.2) is 32.1 Å². The number of aromatic nitrogens is 3. The monoisotopic (exact) mass is 506 g/mol. The normalized spacial score (nSPS) is 12.0. The Morgan fingerprint density at radius 1 is 0.919 bits per heavy atom. The van der Waals surface area contributed by atoms with Gasteiger partial charge in [-0.2, -0.15) is 5.10 Å². The molecule has 0 unspecified atom stereocenters. The third kappa shape index (κ3) is 5.87. The van der Waals surface area contributed by atoms with Crippen LogP contribution in [0.3, 0.4) is 0 Å². The summed E-state index contributed by atoms with van der Waals surface area (Å²) in [6.07, 6.45) is 1.62. The molecule has 2 N–H and O–H groups in total. The molecule has 1 amide bonds. The van der Waals surface area contributed by atoms with Gasteiger partial charge in [-0.15, -0.1) is 10.2 Å². The Morgan fingerprint density at radius 3 is 2.43 bits per heavy atom. The van der Waals surface area contributed by atoms with Gasteiger partial charge in [0.05, 0.1) is 18.0 Å². The lowest BCUT2D eigenvalue weighted by Crippen LogP contribution is -2.27. The number of nitrogens with zero attached hydrogens (tertiary/aromatic N) is 4. The van der Waals surface area contributed by atoms with Gasteiger partial charge >= 0.3 is 0 Å². The van der Waals surface area contributed by atoms with Crippen LogP contribution in [0, 0.1) is 0 Å². The van der Waals surface area contributed by atoms with Crippen molar-refractivity contribution in [3.63, 3.8) is 0 Å². The Morgan fingerprint density at radius 2 is 1.62 bits per heavy atom. The molecule has 0 aliphatic heterocycles. The third-order valence-electron chi connectivity index (χ3n) is 5.78. The number of para-hydroxylation sites is 1. The van der Waals surface area contributed by atoms with Gasteiger partial charge in [0.1, 0.15) is 0 Å². The molecule has 0 saturated heterocycles. The molecule has 184 valence electrons. The summed E-state index contributed by atoms with van der Waals surface area (Å²) in [5.74, 6) is 0.534. The predicted octanol–water partition coefficient (Wildman–Crippen LogP) is 5.66. The number of fused-ring (bicyclic) bond motifs is 1. The zero-order valence-electron chi connectivity index (χ0n) is 20.3. The van der Waals surface area contributed by atoms with E-state index in [2.05, 4.69) is 50.3 Å². The van der Waals surface area contributed by atoms with E-state index < -0.39 is 5.25 Å². The van der Waals surface area contributed by atoms with Gasteiger partial charge in [0.25, 0.3) is 5.91 Å². The van der Waals surface area contributed by atoms with Crippen molar-refractivity contribution in [1.29, 1.82) is 0 Å². The topological polar surface area (TPSA) is 84.2 Å². The fourth-order valence-electron chi connectivity index (χ4n) is 3.89. The molecule has 0 bridgehead atoms. The lowest BCUT2D eigenvalue weighted by atomic mass is 10.1. The maximum atomic E-state index is 12.7. The fourth-order valence-corrected chi connectivity index (χ4v) is 4.77. The van der Waals surface area contributed by atoms with Crippen LogP contribution in [0.4, 0.5) is 5.69 Å². The Balaban J connectivity index is 1.33. The summed E-state index contributed by atoms with van der Waals surface area (Å²) in [5.41, 5.74) is 5.49. The summed E-state index contributed by atoms with van der Waals surface area (Å²) >= 11 is 1.34. The second-order valence-corrected chi connectivity index (χ2v) is 9.66. The molecular weight excluding hydrogens is 480 g/mol. The molecule has 5 aromatic rings. The number of hydrogen-bond acceptors (Lipinski definition) is 6. The minimum absolute atomic E-state index is 0.213. The maximum Gasteiger partial charge on any atom is 0.253 e. The van der Waals surface area contributed by atoms with Gasteiger partial charge in [-0.1, -0.05) is 96.7 Å². The molecule has 0 saturated carbocycles. The van der Waals surface area contributed by atoms with Crippen LogP contribution < -0.4 is 10.7 Å². The third-order valence-corrected chi connectivity index (χ3v) is 6.82. The SMILES string of the molecule is C[C@@H](Sc1nnc(CNc2cccc3ccccc23)n1-c1ccccc1)C(=O)N/N=C\c1ccccc1. The second kappa shape index (κ2) is 11.5. The average Bonchev–Trinajstić information content (AvgIpc) is 3.35. The molecule has 0 aliphatic rings. The highest BCUT2D eigenvalue weighted by Gasteiger charge is 2.21. The molecule has 0 fully saturated rings. The molecule has 37 heavy (non-hydrogen) atoms. The Bertz CT molecular complexity index is 1510. The van der Waals surface area contributed by atoms with Crippen molar-refractivity contribution in [3.05, 3.63) is 115 Å². The minimum atomic E-state index is -0.432. The van der Waals surface area contributed by atoms with Crippen LogP contribution >= 0.6 is 11.8 Å². The first kappa shape index (κ1) is 24.3. The molecular formula is C29H26N6OS. The standard InChI is InChI=1S/C29H26N6OS/c1-21(28(36)33-31-19-22-11-4-2-5-12-22)37-29-34-32-27(35(29)24-15-6-3-7-16-24)20-30-26-18-10-14-23-13-8-9-17-25(23)26/h2-19,21,30H,20H2,1H3,(H,33,36)/b31-19-/t21-/m1/s1. The van der Waals surface area contributed by atoms with E-state index >= 15 is 0 Å². The van der Waals surface area contributed by atoms with Gasteiger partial charge in [0.2, 0.25) is 0 Å². The lowest BCUT2D eigenvalue weighted by Gasteiger charge is -2.14. The van der Waals surface area contributed by atoms with E-state index in [1.54, 1.807) is 6.21 Å². The molecule has 4 aromatic carbocycles. The van der Waals surface area contributed by atoms with Gasteiger partial charge in [-0.3, -0.25) is 9.36 Å². The smallest absolute Gasteiger partial charge is 0.253 e.